The summed E-state index contributed by atoms with van der Waals surface area (Å²) in [4.78, 5) is 17.5. The highest BCUT2D eigenvalue weighted by Crippen LogP contribution is 2.27. The third-order valence-corrected chi connectivity index (χ3v) is 6.53. The number of amides is 1. The van der Waals surface area contributed by atoms with Gasteiger partial charge in [-0.3, -0.25) is 9.10 Å². The molecule has 9 heteroatoms. The molecule has 26 heavy (non-hydrogen) atoms. The molecular formula is C17H17N3O3S3. The summed E-state index contributed by atoms with van der Waals surface area (Å²) in [7, 11) is -1.78. The predicted octanol–water partition coefficient (Wildman–Crippen LogP) is 3.45. The van der Waals surface area contributed by atoms with Crippen molar-refractivity contribution in [3.63, 3.8) is 0 Å². The number of hydrogen-bond donors (Lipinski definition) is 1. The van der Waals surface area contributed by atoms with E-state index in [4.69, 9.17) is 0 Å². The molecule has 3 rings (SSSR count). The monoisotopic (exact) mass is 407 g/mol. The SMILES string of the molecule is CN(c1ccc(-c2csc(NC(=O)Cc3cccs3)n2)cc1)S(C)(=O)=O. The van der Waals surface area contributed by atoms with Crippen molar-refractivity contribution in [2.24, 2.45) is 0 Å². The van der Waals surface area contributed by atoms with Gasteiger partial charge < -0.3 is 5.32 Å². The zero-order valence-corrected chi connectivity index (χ0v) is 16.6. The normalized spacial score (nSPS) is 11.3. The molecule has 2 aromatic heterocycles. The number of nitrogens with zero attached hydrogens (tertiary/aromatic N) is 2. The van der Waals surface area contributed by atoms with Gasteiger partial charge in [0, 0.05) is 22.9 Å². The molecule has 0 atom stereocenters. The van der Waals surface area contributed by atoms with E-state index in [2.05, 4.69) is 10.3 Å². The Morgan fingerprint density at radius 1 is 1.19 bits per heavy atom. The van der Waals surface area contributed by atoms with Crippen molar-refractivity contribution in [3.8, 4) is 11.3 Å². The van der Waals surface area contributed by atoms with Crippen molar-refractivity contribution in [2.75, 3.05) is 22.9 Å². The van der Waals surface area contributed by atoms with Crippen molar-refractivity contribution >= 4 is 49.4 Å². The summed E-state index contributed by atoms with van der Waals surface area (Å²) in [6, 6.07) is 10.9. The first-order valence-electron chi connectivity index (χ1n) is 7.65. The summed E-state index contributed by atoms with van der Waals surface area (Å²) in [5.74, 6) is -0.0986. The van der Waals surface area contributed by atoms with Gasteiger partial charge in [-0.05, 0) is 23.6 Å². The molecule has 1 N–H and O–H groups in total. The molecule has 0 aliphatic heterocycles. The van der Waals surface area contributed by atoms with E-state index >= 15 is 0 Å². The molecule has 0 radical (unpaired) electrons. The van der Waals surface area contributed by atoms with E-state index in [0.29, 0.717) is 17.2 Å². The summed E-state index contributed by atoms with van der Waals surface area (Å²) in [5, 5.41) is 7.14. The minimum Gasteiger partial charge on any atom is -0.302 e. The molecule has 0 saturated carbocycles. The van der Waals surface area contributed by atoms with Gasteiger partial charge in [0.05, 0.1) is 24.1 Å². The fourth-order valence-corrected chi connectivity index (χ4v) is 4.18. The van der Waals surface area contributed by atoms with Crippen molar-refractivity contribution in [2.45, 2.75) is 6.42 Å². The number of hydrogen-bond acceptors (Lipinski definition) is 6. The Labute approximate surface area is 160 Å². The van der Waals surface area contributed by atoms with E-state index in [9.17, 15) is 13.2 Å². The van der Waals surface area contributed by atoms with E-state index in [-0.39, 0.29) is 5.91 Å². The van der Waals surface area contributed by atoms with Crippen LogP contribution in [0, 0.1) is 0 Å². The van der Waals surface area contributed by atoms with Gasteiger partial charge in [0.25, 0.3) is 0 Å². The zero-order chi connectivity index (χ0) is 18.7. The molecule has 2 heterocycles. The number of thiophene rings is 1. The van der Waals surface area contributed by atoms with Crippen LogP contribution >= 0.6 is 22.7 Å². The summed E-state index contributed by atoms with van der Waals surface area (Å²) >= 11 is 2.90. The average Bonchev–Trinajstić information content (AvgIpc) is 3.25. The van der Waals surface area contributed by atoms with Crippen LogP contribution < -0.4 is 9.62 Å². The standard InChI is InChI=1S/C17H17N3O3S3/c1-20(26(2,22)23)13-7-5-12(6-8-13)15-11-25-17(18-15)19-16(21)10-14-4-3-9-24-14/h3-9,11H,10H2,1-2H3,(H,18,19,21). The molecule has 0 bridgehead atoms. The number of carbonyl (C=O) groups is 1. The molecule has 0 fully saturated rings. The Hall–Kier alpha value is -2.23. The Morgan fingerprint density at radius 2 is 1.92 bits per heavy atom. The molecule has 0 saturated heterocycles. The summed E-state index contributed by atoms with van der Waals surface area (Å²) in [6.45, 7) is 0. The topological polar surface area (TPSA) is 79.4 Å². The average molecular weight is 408 g/mol. The molecule has 1 aromatic carbocycles. The van der Waals surface area contributed by atoms with Crippen molar-refractivity contribution in [3.05, 3.63) is 52.0 Å². The molecule has 0 aliphatic rings. The molecular weight excluding hydrogens is 390 g/mol. The summed E-state index contributed by atoms with van der Waals surface area (Å²) in [6.07, 6.45) is 1.49. The lowest BCUT2D eigenvalue weighted by atomic mass is 10.1. The third kappa shape index (κ3) is 4.48. The van der Waals surface area contributed by atoms with Crippen LogP contribution in [-0.2, 0) is 21.2 Å². The van der Waals surface area contributed by atoms with E-state index in [1.165, 1.54) is 22.7 Å². The Kier molecular flexibility index (Phi) is 5.40. The number of carbonyl (C=O) groups excluding carboxylic acids is 1. The highest BCUT2D eigenvalue weighted by molar-refractivity contribution is 7.92. The molecule has 1 amide bonds. The van der Waals surface area contributed by atoms with Gasteiger partial charge >= 0.3 is 0 Å². The van der Waals surface area contributed by atoms with Gasteiger partial charge in [-0.2, -0.15) is 0 Å². The smallest absolute Gasteiger partial charge is 0.231 e. The van der Waals surface area contributed by atoms with Crippen LogP contribution in [0.25, 0.3) is 11.3 Å². The fourth-order valence-electron chi connectivity index (χ4n) is 2.23. The largest absolute Gasteiger partial charge is 0.302 e. The first kappa shape index (κ1) is 18.6. The Morgan fingerprint density at radius 3 is 2.54 bits per heavy atom. The maximum Gasteiger partial charge on any atom is 0.231 e. The Balaban J connectivity index is 1.68. The minimum atomic E-state index is -3.29. The van der Waals surface area contributed by atoms with E-state index < -0.39 is 10.0 Å². The number of benzene rings is 1. The van der Waals surface area contributed by atoms with E-state index in [0.717, 1.165) is 22.4 Å². The van der Waals surface area contributed by atoms with Gasteiger partial charge in [0.1, 0.15) is 0 Å². The zero-order valence-electron chi connectivity index (χ0n) is 14.2. The van der Waals surface area contributed by atoms with Gasteiger partial charge in [-0.25, -0.2) is 13.4 Å². The number of nitrogens with one attached hydrogen (secondary N) is 1. The number of aromatic nitrogens is 1. The van der Waals surface area contributed by atoms with Crippen molar-refractivity contribution in [1.29, 1.82) is 0 Å². The van der Waals surface area contributed by atoms with Crippen LogP contribution in [0.3, 0.4) is 0 Å². The second-order valence-electron chi connectivity index (χ2n) is 5.62. The molecule has 6 nitrogen and oxygen atoms in total. The van der Waals surface area contributed by atoms with Crippen LogP contribution in [0.1, 0.15) is 4.88 Å². The van der Waals surface area contributed by atoms with Gasteiger partial charge in [0.15, 0.2) is 5.13 Å². The molecule has 3 aromatic rings. The van der Waals surface area contributed by atoms with Crippen LogP contribution in [0.5, 0.6) is 0 Å². The second-order valence-corrected chi connectivity index (χ2v) is 9.52. The van der Waals surface area contributed by atoms with Crippen molar-refractivity contribution in [1.82, 2.24) is 4.98 Å². The number of rotatable bonds is 6. The van der Waals surface area contributed by atoms with Gasteiger partial charge in [-0.15, -0.1) is 22.7 Å². The third-order valence-electron chi connectivity index (χ3n) is 3.69. The van der Waals surface area contributed by atoms with Crippen LogP contribution in [0.2, 0.25) is 0 Å². The maximum absolute atomic E-state index is 12.0. The lowest BCUT2D eigenvalue weighted by molar-refractivity contribution is -0.115. The molecule has 0 spiro atoms. The first-order chi connectivity index (χ1) is 12.3. The first-order valence-corrected chi connectivity index (χ1v) is 11.3. The minimum absolute atomic E-state index is 0.0986. The molecule has 0 aliphatic carbocycles. The van der Waals surface area contributed by atoms with Gasteiger partial charge in [-0.1, -0.05) is 18.2 Å². The van der Waals surface area contributed by atoms with E-state index in [1.54, 1.807) is 23.5 Å². The number of thiazole rings is 1. The second kappa shape index (κ2) is 7.56. The lowest BCUT2D eigenvalue weighted by Gasteiger charge is -2.16. The van der Waals surface area contributed by atoms with Crippen LogP contribution in [0.15, 0.2) is 47.2 Å². The predicted molar refractivity (Wildman–Crippen MR) is 107 cm³/mol. The van der Waals surface area contributed by atoms with Crippen LogP contribution in [-0.4, -0.2) is 32.6 Å². The van der Waals surface area contributed by atoms with E-state index in [1.807, 2.05) is 35.0 Å². The van der Waals surface area contributed by atoms with Crippen molar-refractivity contribution < 1.29 is 13.2 Å². The fraction of sp³-hybridized carbons (Fsp3) is 0.176. The lowest BCUT2D eigenvalue weighted by Crippen LogP contribution is -2.24. The number of anilines is 2. The summed E-state index contributed by atoms with van der Waals surface area (Å²) in [5.41, 5.74) is 2.16. The number of sulfonamides is 1. The highest BCUT2D eigenvalue weighted by Gasteiger charge is 2.13. The van der Waals surface area contributed by atoms with Gasteiger partial charge in [0.2, 0.25) is 15.9 Å². The highest BCUT2D eigenvalue weighted by atomic mass is 32.2. The molecule has 0 unspecified atom stereocenters. The van der Waals surface area contributed by atoms with Crippen LogP contribution in [0.4, 0.5) is 10.8 Å². The maximum atomic E-state index is 12.0. The quantitative estimate of drug-likeness (QED) is 0.679. The summed E-state index contributed by atoms with van der Waals surface area (Å²) < 4.78 is 24.4. The Bertz CT molecular complexity index is 994. The molecule has 136 valence electrons.